The first kappa shape index (κ1) is 30.3. The van der Waals surface area contributed by atoms with E-state index in [0.717, 1.165) is 5.56 Å². The Balaban J connectivity index is 1.85. The van der Waals surface area contributed by atoms with E-state index in [-0.39, 0.29) is 42.2 Å². The van der Waals surface area contributed by atoms with Gasteiger partial charge in [0.15, 0.2) is 10.7 Å². The van der Waals surface area contributed by atoms with Crippen molar-refractivity contribution in [2.24, 2.45) is 0 Å². The molecule has 0 bridgehead atoms. The van der Waals surface area contributed by atoms with Crippen molar-refractivity contribution in [1.82, 2.24) is 14.9 Å². The maximum Gasteiger partial charge on any atom is 0.272 e. The number of thiol groups is 1. The summed E-state index contributed by atoms with van der Waals surface area (Å²) >= 11 is 0. The fourth-order valence-electron chi connectivity index (χ4n) is 4.25. The van der Waals surface area contributed by atoms with Gasteiger partial charge in [0.05, 0.1) is 17.9 Å². The second kappa shape index (κ2) is 14.2. The third-order valence-corrected chi connectivity index (χ3v) is 6.67. The molecule has 3 rings (SSSR count). The van der Waals surface area contributed by atoms with Crippen molar-refractivity contribution in [2.75, 3.05) is 11.2 Å². The minimum absolute atomic E-state index is 0.0899. The molecule has 3 aromatic rings. The predicted octanol–water partition coefficient (Wildman–Crippen LogP) is 3.45. The summed E-state index contributed by atoms with van der Waals surface area (Å²) in [5.74, 6) is -0.525. The Morgan fingerprint density at radius 1 is 1.08 bits per heavy atom. The third kappa shape index (κ3) is 8.61. The summed E-state index contributed by atoms with van der Waals surface area (Å²) in [6.45, 7) is 8.13. The number of aliphatic hydroxyl groups excluding tert-OH is 2. The van der Waals surface area contributed by atoms with Gasteiger partial charge in [-0.05, 0) is 67.1 Å². The Kier molecular flexibility index (Phi) is 11.0. The Hall–Kier alpha value is -3.28. The van der Waals surface area contributed by atoms with Crippen LogP contribution in [0.15, 0.2) is 48.5 Å². The highest BCUT2D eigenvalue weighted by molar-refractivity contribution is 7.72. The summed E-state index contributed by atoms with van der Waals surface area (Å²) in [5.41, 5.74) is 3.03. The van der Waals surface area contributed by atoms with Gasteiger partial charge in [-0.15, -0.1) is 0 Å². The molecule has 2 unspecified atom stereocenters. The monoisotopic (exact) mass is 559 g/mol. The smallest absolute Gasteiger partial charge is 0.272 e. The van der Waals surface area contributed by atoms with E-state index in [9.17, 15) is 27.8 Å². The topological polar surface area (TPSA) is 134 Å². The molecule has 11 heteroatoms. The molecular weight excluding hydrogens is 523 g/mol. The molecule has 1 aromatic heterocycles. The van der Waals surface area contributed by atoms with Gasteiger partial charge in [0.25, 0.3) is 5.91 Å². The standard InChI is InChI=1S/C28H36FN4O5S/c1-4-23(34)15-24(35)13-14-33-26(18(2)3)25(32-27(33)20-7-9-21(29)10-8-20)28(36)30-16-19-5-11-22(12-6-19)31-17-39(37)38/h5-12,18,23-24,31,34-35,39H,1,4,13-17H2,2-3H3,(H,30,36). The third-order valence-electron chi connectivity index (χ3n) is 6.25. The van der Waals surface area contributed by atoms with E-state index in [1.165, 1.54) is 12.1 Å². The van der Waals surface area contributed by atoms with E-state index < -0.39 is 22.9 Å². The number of rotatable bonds is 14. The molecule has 9 nitrogen and oxygen atoms in total. The number of carbonyl (C=O) groups is 1. The lowest BCUT2D eigenvalue weighted by molar-refractivity contribution is 0.0742. The van der Waals surface area contributed by atoms with Crippen molar-refractivity contribution < 1.29 is 27.8 Å². The zero-order valence-electron chi connectivity index (χ0n) is 22.1. The van der Waals surface area contributed by atoms with E-state index in [0.29, 0.717) is 42.2 Å². The molecule has 2 aromatic carbocycles. The molecule has 1 radical (unpaired) electrons. The van der Waals surface area contributed by atoms with Crippen molar-refractivity contribution >= 4 is 22.3 Å². The first-order chi connectivity index (χ1) is 18.6. The molecule has 4 N–H and O–H groups in total. The summed E-state index contributed by atoms with van der Waals surface area (Å²) in [7, 11) is -2.54. The minimum Gasteiger partial charge on any atom is -0.393 e. The van der Waals surface area contributed by atoms with E-state index in [1.54, 1.807) is 36.4 Å². The van der Waals surface area contributed by atoms with Crippen molar-refractivity contribution in [3.63, 3.8) is 0 Å². The van der Waals surface area contributed by atoms with Gasteiger partial charge < -0.3 is 25.4 Å². The van der Waals surface area contributed by atoms with Crippen LogP contribution < -0.4 is 10.6 Å². The average molecular weight is 560 g/mol. The number of nitrogens with one attached hydrogen (secondary N) is 2. The van der Waals surface area contributed by atoms with Crippen LogP contribution in [0.25, 0.3) is 11.4 Å². The van der Waals surface area contributed by atoms with Gasteiger partial charge in [-0.3, -0.25) is 4.79 Å². The van der Waals surface area contributed by atoms with Crippen LogP contribution in [0.5, 0.6) is 0 Å². The van der Waals surface area contributed by atoms with Crippen molar-refractivity contribution in [3.05, 3.63) is 78.2 Å². The molecule has 2 atom stereocenters. The van der Waals surface area contributed by atoms with Crippen LogP contribution in [0, 0.1) is 12.7 Å². The molecule has 0 aliphatic heterocycles. The zero-order valence-corrected chi connectivity index (χ0v) is 23.0. The van der Waals surface area contributed by atoms with Crippen LogP contribution in [-0.4, -0.2) is 52.2 Å². The molecule has 211 valence electrons. The van der Waals surface area contributed by atoms with E-state index >= 15 is 0 Å². The van der Waals surface area contributed by atoms with E-state index in [2.05, 4.69) is 22.5 Å². The number of anilines is 1. The highest BCUT2D eigenvalue weighted by Crippen LogP contribution is 2.29. The lowest BCUT2D eigenvalue weighted by Gasteiger charge is -2.19. The van der Waals surface area contributed by atoms with Gasteiger partial charge in [0.1, 0.15) is 23.2 Å². The Morgan fingerprint density at radius 2 is 1.74 bits per heavy atom. The van der Waals surface area contributed by atoms with Crippen LogP contribution in [0.4, 0.5) is 10.1 Å². The number of aliphatic hydroxyl groups is 2. The lowest BCUT2D eigenvalue weighted by atomic mass is 10.1. The molecule has 0 aliphatic rings. The minimum atomic E-state index is -2.54. The second-order valence-corrected chi connectivity index (χ2v) is 10.6. The Labute approximate surface area is 230 Å². The molecule has 0 saturated carbocycles. The average Bonchev–Trinajstić information content (AvgIpc) is 3.30. The molecule has 0 fully saturated rings. The van der Waals surface area contributed by atoms with Gasteiger partial charge in [0, 0.05) is 24.3 Å². The van der Waals surface area contributed by atoms with Crippen molar-refractivity contribution in [1.29, 1.82) is 0 Å². The highest BCUT2D eigenvalue weighted by Gasteiger charge is 2.26. The van der Waals surface area contributed by atoms with E-state index in [4.69, 9.17) is 0 Å². The number of amides is 1. The SMILES string of the molecule is [CH2]CC(O)CC(O)CCn1c(-c2ccc(F)cc2)nc(C(=O)NCc2ccc(NC[SH](=O)=O)cc2)c1C(C)C. The van der Waals surface area contributed by atoms with Crippen LogP contribution in [0.1, 0.15) is 60.8 Å². The van der Waals surface area contributed by atoms with Crippen LogP contribution >= 0.6 is 0 Å². The maximum atomic E-state index is 13.6. The summed E-state index contributed by atoms with van der Waals surface area (Å²) in [4.78, 5) is 18.0. The molecule has 0 aliphatic carbocycles. The fraction of sp³-hybridized carbons (Fsp3) is 0.393. The van der Waals surface area contributed by atoms with Gasteiger partial charge in [-0.2, -0.15) is 0 Å². The fourth-order valence-corrected chi connectivity index (χ4v) is 4.57. The van der Waals surface area contributed by atoms with Crippen LogP contribution in [0.2, 0.25) is 0 Å². The summed E-state index contributed by atoms with van der Waals surface area (Å²) < 4.78 is 37.0. The van der Waals surface area contributed by atoms with Gasteiger partial charge in [-0.25, -0.2) is 17.8 Å². The number of nitrogens with zero attached hydrogens (tertiary/aromatic N) is 2. The van der Waals surface area contributed by atoms with Crippen molar-refractivity contribution in [2.45, 2.75) is 64.3 Å². The molecule has 1 heterocycles. The number of hydrogen-bond acceptors (Lipinski definition) is 7. The predicted molar refractivity (Wildman–Crippen MR) is 149 cm³/mol. The molecular formula is C28H36FN4O5S. The zero-order chi connectivity index (χ0) is 28.5. The number of imidazole rings is 1. The normalized spacial score (nSPS) is 13.0. The first-order valence-corrected chi connectivity index (χ1v) is 14.2. The molecule has 39 heavy (non-hydrogen) atoms. The molecule has 1 amide bonds. The largest absolute Gasteiger partial charge is 0.393 e. The second-order valence-electron chi connectivity index (χ2n) is 9.65. The highest BCUT2D eigenvalue weighted by atomic mass is 32.2. The first-order valence-electron chi connectivity index (χ1n) is 12.8. The van der Waals surface area contributed by atoms with Gasteiger partial charge >= 0.3 is 0 Å². The number of carbonyl (C=O) groups excluding carboxylic acids is 1. The van der Waals surface area contributed by atoms with Gasteiger partial charge in [-0.1, -0.05) is 32.9 Å². The lowest BCUT2D eigenvalue weighted by Crippen LogP contribution is -2.25. The maximum absolute atomic E-state index is 13.6. The summed E-state index contributed by atoms with van der Waals surface area (Å²) in [6.07, 6.45) is -0.660. The van der Waals surface area contributed by atoms with E-state index in [1.807, 2.05) is 18.4 Å². The van der Waals surface area contributed by atoms with Crippen molar-refractivity contribution in [3.8, 4) is 11.4 Å². The Morgan fingerprint density at radius 3 is 2.33 bits per heavy atom. The quantitative estimate of drug-likeness (QED) is 0.191. The molecule has 0 saturated heterocycles. The summed E-state index contributed by atoms with van der Waals surface area (Å²) in [6, 6.07) is 12.9. The van der Waals surface area contributed by atoms with Gasteiger partial charge in [0.2, 0.25) is 0 Å². The number of benzene rings is 2. The summed E-state index contributed by atoms with van der Waals surface area (Å²) in [5, 5.41) is 26.0. The number of halogens is 1. The number of aromatic nitrogens is 2. The number of hydrogen-bond donors (Lipinski definition) is 5. The van der Waals surface area contributed by atoms with Crippen LogP contribution in [-0.2, 0) is 23.8 Å². The Bertz CT molecular complexity index is 1300. The molecule has 0 spiro atoms. The van der Waals surface area contributed by atoms with Crippen LogP contribution in [0.3, 0.4) is 0 Å².